The number of aromatic nitrogens is 4. The van der Waals surface area contributed by atoms with E-state index in [1.165, 1.54) is 11.8 Å². The fraction of sp³-hybridized carbons (Fsp3) is 0.400. The molecule has 0 saturated heterocycles. The Hall–Kier alpha value is -2.41. The van der Waals surface area contributed by atoms with Crippen molar-refractivity contribution in [3.05, 3.63) is 52.8 Å². The molecule has 2 aromatic heterocycles. The molecule has 0 spiro atoms. The van der Waals surface area contributed by atoms with Gasteiger partial charge in [-0.15, -0.1) is 5.10 Å². The van der Waals surface area contributed by atoms with Crippen molar-refractivity contribution >= 4 is 23.4 Å². The summed E-state index contributed by atoms with van der Waals surface area (Å²) in [6, 6.07) is 10.0. The molecular formula is C20H25N5OS. The van der Waals surface area contributed by atoms with E-state index in [0.29, 0.717) is 16.9 Å². The minimum atomic E-state index is -0.0292. The molecule has 0 bridgehead atoms. The second kappa shape index (κ2) is 8.08. The molecule has 142 valence electrons. The Bertz CT molecular complexity index is 952. The van der Waals surface area contributed by atoms with Gasteiger partial charge in [0, 0.05) is 11.4 Å². The molecule has 7 heteroatoms. The van der Waals surface area contributed by atoms with Gasteiger partial charge in [-0.1, -0.05) is 55.9 Å². The molecule has 27 heavy (non-hydrogen) atoms. The molecule has 1 atom stereocenters. The quantitative estimate of drug-likeness (QED) is 0.658. The van der Waals surface area contributed by atoms with Gasteiger partial charge in [0.15, 0.2) is 0 Å². The zero-order valence-electron chi connectivity index (χ0n) is 16.4. The molecule has 1 amide bonds. The van der Waals surface area contributed by atoms with Gasteiger partial charge in [0.1, 0.15) is 0 Å². The second-order valence-corrected chi connectivity index (χ2v) is 7.94. The van der Waals surface area contributed by atoms with E-state index in [9.17, 15) is 4.79 Å². The third-order valence-corrected chi connectivity index (χ3v) is 5.55. The summed E-state index contributed by atoms with van der Waals surface area (Å²) >= 11 is 1.33. The van der Waals surface area contributed by atoms with Gasteiger partial charge < -0.3 is 5.32 Å². The highest BCUT2D eigenvalue weighted by Crippen LogP contribution is 2.22. The summed E-state index contributed by atoms with van der Waals surface area (Å²) in [5.41, 5.74) is 4.18. The molecule has 0 radical (unpaired) electrons. The maximum Gasteiger partial charge on any atom is 0.253 e. The van der Waals surface area contributed by atoms with Crippen LogP contribution in [0.1, 0.15) is 42.4 Å². The van der Waals surface area contributed by atoms with Crippen LogP contribution < -0.4 is 5.32 Å². The number of rotatable bonds is 6. The van der Waals surface area contributed by atoms with E-state index in [1.54, 1.807) is 4.52 Å². The standard InChI is InChI=1S/C20H25N5OS/c1-12(2)18(16-9-7-6-8-10-16)22-17(26)11-27-20-23-19-21-14(4)13(3)15(5)25(19)24-20/h6-10,12,18H,11H2,1-5H3,(H,22,26)/t18-/m1/s1. The molecular weight excluding hydrogens is 358 g/mol. The SMILES string of the molecule is Cc1nc2nc(SCC(=O)N[C@@H](c3ccccc3)C(C)C)nn2c(C)c1C. The Morgan fingerprint density at radius 2 is 1.85 bits per heavy atom. The van der Waals surface area contributed by atoms with Crippen molar-refractivity contribution in [2.24, 2.45) is 5.92 Å². The summed E-state index contributed by atoms with van der Waals surface area (Å²) in [6.45, 7) is 10.2. The Kier molecular flexibility index (Phi) is 5.79. The lowest BCUT2D eigenvalue weighted by Gasteiger charge is -2.22. The number of carbonyl (C=O) groups is 1. The summed E-state index contributed by atoms with van der Waals surface area (Å²) in [4.78, 5) is 21.4. The third kappa shape index (κ3) is 4.30. The lowest BCUT2D eigenvalue weighted by atomic mass is 9.96. The Labute approximate surface area is 163 Å². The predicted octanol–water partition coefficient (Wildman–Crippen LogP) is 3.66. The average molecular weight is 384 g/mol. The van der Waals surface area contributed by atoms with Gasteiger partial charge in [-0.25, -0.2) is 9.50 Å². The third-order valence-electron chi connectivity index (χ3n) is 4.72. The first kappa shape index (κ1) is 19.4. The normalized spacial score (nSPS) is 12.5. The van der Waals surface area contributed by atoms with Crippen LogP contribution in [0.3, 0.4) is 0 Å². The van der Waals surface area contributed by atoms with E-state index in [2.05, 4.69) is 34.2 Å². The van der Waals surface area contributed by atoms with E-state index >= 15 is 0 Å². The van der Waals surface area contributed by atoms with Crippen LogP contribution in [-0.2, 0) is 4.79 Å². The number of benzene rings is 1. The highest BCUT2D eigenvalue weighted by Gasteiger charge is 2.19. The zero-order chi connectivity index (χ0) is 19.6. The first-order valence-corrected chi connectivity index (χ1v) is 10.0. The summed E-state index contributed by atoms with van der Waals surface area (Å²) in [6.07, 6.45) is 0. The van der Waals surface area contributed by atoms with Crippen LogP contribution in [0.5, 0.6) is 0 Å². The monoisotopic (exact) mass is 383 g/mol. The second-order valence-electron chi connectivity index (χ2n) is 7.00. The molecule has 3 aromatic rings. The molecule has 2 heterocycles. The molecule has 0 saturated carbocycles. The van der Waals surface area contributed by atoms with Gasteiger partial charge in [0.25, 0.3) is 5.78 Å². The number of aryl methyl sites for hydroxylation is 2. The number of fused-ring (bicyclic) bond motifs is 1. The fourth-order valence-corrected chi connectivity index (χ4v) is 3.57. The van der Waals surface area contributed by atoms with Crippen molar-refractivity contribution in [3.8, 4) is 0 Å². The first-order chi connectivity index (χ1) is 12.9. The van der Waals surface area contributed by atoms with Crippen molar-refractivity contribution in [2.75, 3.05) is 5.75 Å². The molecule has 0 aliphatic heterocycles. The molecule has 0 fully saturated rings. The number of hydrogen-bond acceptors (Lipinski definition) is 5. The van der Waals surface area contributed by atoms with E-state index < -0.39 is 0 Å². The molecule has 0 unspecified atom stereocenters. The lowest BCUT2D eigenvalue weighted by molar-refractivity contribution is -0.119. The van der Waals surface area contributed by atoms with Crippen LogP contribution >= 0.6 is 11.8 Å². The summed E-state index contributed by atoms with van der Waals surface area (Å²) in [5, 5.41) is 8.17. The predicted molar refractivity (Wildman–Crippen MR) is 108 cm³/mol. The zero-order valence-corrected chi connectivity index (χ0v) is 17.2. The number of hydrogen-bond donors (Lipinski definition) is 1. The van der Waals surface area contributed by atoms with Gasteiger partial charge in [-0.3, -0.25) is 4.79 Å². The minimum Gasteiger partial charge on any atom is -0.348 e. The fourth-order valence-electron chi connectivity index (χ4n) is 2.94. The largest absolute Gasteiger partial charge is 0.348 e. The highest BCUT2D eigenvalue weighted by atomic mass is 32.2. The van der Waals surface area contributed by atoms with E-state index in [0.717, 1.165) is 22.5 Å². The maximum absolute atomic E-state index is 12.5. The Balaban J connectivity index is 1.68. The van der Waals surface area contributed by atoms with Gasteiger partial charge in [0.2, 0.25) is 11.1 Å². The van der Waals surface area contributed by atoms with Gasteiger partial charge in [-0.2, -0.15) is 4.98 Å². The van der Waals surface area contributed by atoms with Crippen LogP contribution in [-0.4, -0.2) is 31.2 Å². The van der Waals surface area contributed by atoms with Crippen LogP contribution in [0.4, 0.5) is 0 Å². The van der Waals surface area contributed by atoms with Crippen molar-refractivity contribution in [2.45, 2.75) is 45.8 Å². The number of nitrogens with zero attached hydrogens (tertiary/aromatic N) is 4. The summed E-state index contributed by atoms with van der Waals surface area (Å²) in [7, 11) is 0. The van der Waals surface area contributed by atoms with E-state index in [1.807, 2.05) is 51.1 Å². The number of thioether (sulfide) groups is 1. The number of carbonyl (C=O) groups excluding carboxylic acids is 1. The average Bonchev–Trinajstić information content (AvgIpc) is 3.06. The van der Waals surface area contributed by atoms with Crippen LogP contribution in [0.2, 0.25) is 0 Å². The maximum atomic E-state index is 12.5. The Morgan fingerprint density at radius 3 is 2.52 bits per heavy atom. The molecule has 1 N–H and O–H groups in total. The van der Waals surface area contributed by atoms with Crippen LogP contribution in [0.25, 0.3) is 5.78 Å². The number of nitrogens with one attached hydrogen (secondary N) is 1. The molecule has 1 aromatic carbocycles. The molecule has 0 aliphatic carbocycles. The van der Waals surface area contributed by atoms with Gasteiger partial charge >= 0.3 is 0 Å². The van der Waals surface area contributed by atoms with E-state index in [4.69, 9.17) is 0 Å². The summed E-state index contributed by atoms with van der Waals surface area (Å²) < 4.78 is 1.74. The van der Waals surface area contributed by atoms with Crippen LogP contribution in [0, 0.1) is 26.7 Å². The molecule has 6 nitrogen and oxygen atoms in total. The minimum absolute atomic E-state index is 0.0115. The molecule has 0 aliphatic rings. The van der Waals surface area contributed by atoms with Crippen molar-refractivity contribution < 1.29 is 4.79 Å². The van der Waals surface area contributed by atoms with Gasteiger partial charge in [0.05, 0.1) is 11.8 Å². The van der Waals surface area contributed by atoms with Gasteiger partial charge in [-0.05, 0) is 37.8 Å². The first-order valence-electron chi connectivity index (χ1n) is 9.04. The topological polar surface area (TPSA) is 72.2 Å². The van der Waals surface area contributed by atoms with Crippen LogP contribution in [0.15, 0.2) is 35.5 Å². The van der Waals surface area contributed by atoms with Crippen molar-refractivity contribution in [1.82, 2.24) is 24.9 Å². The molecule has 3 rings (SSSR count). The number of amides is 1. The van der Waals surface area contributed by atoms with E-state index in [-0.39, 0.29) is 17.7 Å². The highest BCUT2D eigenvalue weighted by molar-refractivity contribution is 7.99. The smallest absolute Gasteiger partial charge is 0.253 e. The Morgan fingerprint density at radius 1 is 1.15 bits per heavy atom. The van der Waals surface area contributed by atoms with Crippen molar-refractivity contribution in [1.29, 1.82) is 0 Å². The van der Waals surface area contributed by atoms with Crippen molar-refractivity contribution in [3.63, 3.8) is 0 Å². The summed E-state index contributed by atoms with van der Waals surface area (Å²) in [5.74, 6) is 1.11. The lowest BCUT2D eigenvalue weighted by Crippen LogP contribution is -2.33.